The van der Waals surface area contributed by atoms with Gasteiger partial charge in [0.05, 0.1) is 18.8 Å². The number of anilines is 1. The molecule has 0 saturated carbocycles. The molecule has 1 amide bonds. The second kappa shape index (κ2) is 6.98. The zero-order valence-corrected chi connectivity index (χ0v) is 13.2. The van der Waals surface area contributed by atoms with Gasteiger partial charge < -0.3 is 15.8 Å². The lowest BCUT2D eigenvalue weighted by atomic mass is 10.2. The van der Waals surface area contributed by atoms with Crippen LogP contribution in [0.4, 0.5) is 5.69 Å². The fourth-order valence-electron chi connectivity index (χ4n) is 2.57. The average molecular weight is 307 g/mol. The molecule has 2 rings (SSSR count). The van der Waals surface area contributed by atoms with Crippen molar-refractivity contribution in [3.63, 3.8) is 0 Å². The van der Waals surface area contributed by atoms with Crippen molar-refractivity contribution in [1.29, 1.82) is 0 Å². The first-order valence-corrected chi connectivity index (χ1v) is 7.42. The third kappa shape index (κ3) is 4.77. The van der Waals surface area contributed by atoms with Gasteiger partial charge in [-0.3, -0.25) is 9.69 Å². The summed E-state index contributed by atoms with van der Waals surface area (Å²) in [6, 6.07) is 7.25. The van der Waals surface area contributed by atoms with Gasteiger partial charge in [-0.15, -0.1) is 0 Å². The Balaban J connectivity index is 1.92. The van der Waals surface area contributed by atoms with Crippen LogP contribution in [0.2, 0.25) is 0 Å². The Bertz CT molecular complexity index is 525. The summed E-state index contributed by atoms with van der Waals surface area (Å²) in [4.78, 5) is 14.5. The summed E-state index contributed by atoms with van der Waals surface area (Å²) >= 11 is 4.93. The zero-order valence-electron chi connectivity index (χ0n) is 12.3. The highest BCUT2D eigenvalue weighted by atomic mass is 32.1. The Labute approximate surface area is 130 Å². The average Bonchev–Trinajstić information content (AvgIpc) is 2.37. The fraction of sp³-hybridized carbons (Fsp3) is 0.467. The van der Waals surface area contributed by atoms with E-state index in [2.05, 4.69) is 10.2 Å². The van der Waals surface area contributed by atoms with Crippen LogP contribution < -0.4 is 11.1 Å². The van der Waals surface area contributed by atoms with Gasteiger partial charge in [-0.25, -0.2) is 0 Å². The number of nitrogens with one attached hydrogen (secondary N) is 1. The van der Waals surface area contributed by atoms with Crippen LogP contribution in [0, 0.1) is 0 Å². The largest absolute Gasteiger partial charge is 0.389 e. The quantitative estimate of drug-likeness (QED) is 0.822. The van der Waals surface area contributed by atoms with Crippen molar-refractivity contribution in [2.75, 3.05) is 25.0 Å². The maximum Gasteiger partial charge on any atom is 0.238 e. The Kier molecular flexibility index (Phi) is 5.27. The van der Waals surface area contributed by atoms with Crippen molar-refractivity contribution in [3.05, 3.63) is 29.8 Å². The van der Waals surface area contributed by atoms with E-state index in [1.54, 1.807) is 6.07 Å². The molecule has 114 valence electrons. The summed E-state index contributed by atoms with van der Waals surface area (Å²) in [5, 5.41) is 2.88. The van der Waals surface area contributed by atoms with E-state index in [1.807, 2.05) is 32.0 Å². The molecule has 0 bridgehead atoms. The van der Waals surface area contributed by atoms with E-state index in [0.29, 0.717) is 17.2 Å². The third-order valence-electron chi connectivity index (χ3n) is 3.29. The molecule has 0 aromatic heterocycles. The van der Waals surface area contributed by atoms with Gasteiger partial charge in [-0.1, -0.05) is 24.4 Å². The smallest absolute Gasteiger partial charge is 0.238 e. The van der Waals surface area contributed by atoms with Crippen molar-refractivity contribution < 1.29 is 9.53 Å². The third-order valence-corrected chi connectivity index (χ3v) is 3.53. The van der Waals surface area contributed by atoms with Crippen molar-refractivity contribution in [2.24, 2.45) is 5.73 Å². The summed E-state index contributed by atoms with van der Waals surface area (Å²) < 4.78 is 5.66. The monoisotopic (exact) mass is 307 g/mol. The van der Waals surface area contributed by atoms with Gasteiger partial charge in [-0.2, -0.15) is 0 Å². The number of benzene rings is 1. The molecule has 0 radical (unpaired) electrons. The molecule has 2 atom stereocenters. The minimum absolute atomic E-state index is 0.0450. The number of nitrogens with zero attached hydrogens (tertiary/aromatic N) is 1. The number of hydrogen-bond donors (Lipinski definition) is 2. The maximum atomic E-state index is 12.1. The molecule has 1 aromatic carbocycles. The second-order valence-electron chi connectivity index (χ2n) is 5.44. The summed E-state index contributed by atoms with van der Waals surface area (Å²) in [5.41, 5.74) is 7.04. The number of ether oxygens (including phenoxy) is 1. The van der Waals surface area contributed by atoms with E-state index < -0.39 is 0 Å². The Hall–Kier alpha value is -1.50. The molecule has 5 nitrogen and oxygen atoms in total. The van der Waals surface area contributed by atoms with E-state index in [1.165, 1.54) is 0 Å². The van der Waals surface area contributed by atoms with Crippen molar-refractivity contribution in [1.82, 2.24) is 4.90 Å². The van der Waals surface area contributed by atoms with Crippen LogP contribution in [-0.4, -0.2) is 47.6 Å². The predicted octanol–water partition coefficient (Wildman–Crippen LogP) is 1.37. The highest BCUT2D eigenvalue weighted by molar-refractivity contribution is 7.80. The van der Waals surface area contributed by atoms with E-state index in [4.69, 9.17) is 22.7 Å². The maximum absolute atomic E-state index is 12.1. The van der Waals surface area contributed by atoms with Crippen LogP contribution in [0.15, 0.2) is 24.3 Å². The molecule has 1 aliphatic rings. The number of morpholine rings is 1. The predicted molar refractivity (Wildman–Crippen MR) is 87.4 cm³/mol. The lowest BCUT2D eigenvalue weighted by Crippen LogP contribution is -2.48. The first kappa shape index (κ1) is 15.9. The van der Waals surface area contributed by atoms with Crippen LogP contribution in [0.3, 0.4) is 0 Å². The van der Waals surface area contributed by atoms with Gasteiger partial charge in [0.1, 0.15) is 4.99 Å². The van der Waals surface area contributed by atoms with Gasteiger partial charge in [-0.05, 0) is 26.0 Å². The number of nitrogens with two attached hydrogens (primary N) is 1. The molecular weight excluding hydrogens is 286 g/mol. The van der Waals surface area contributed by atoms with Crippen molar-refractivity contribution >= 4 is 28.8 Å². The summed E-state index contributed by atoms with van der Waals surface area (Å²) in [7, 11) is 0. The van der Waals surface area contributed by atoms with Gasteiger partial charge in [0.25, 0.3) is 0 Å². The molecular formula is C15H21N3O2S. The number of carbonyl (C=O) groups is 1. The second-order valence-corrected chi connectivity index (χ2v) is 5.88. The summed E-state index contributed by atoms with van der Waals surface area (Å²) in [6.07, 6.45) is 0.305. The first-order chi connectivity index (χ1) is 9.94. The fourth-order valence-corrected chi connectivity index (χ4v) is 2.69. The lowest BCUT2D eigenvalue weighted by Gasteiger charge is -2.34. The van der Waals surface area contributed by atoms with Crippen LogP contribution in [0.5, 0.6) is 0 Å². The Morgan fingerprint density at radius 2 is 2.10 bits per heavy atom. The van der Waals surface area contributed by atoms with Crippen LogP contribution in [0.1, 0.15) is 19.4 Å². The van der Waals surface area contributed by atoms with Gasteiger partial charge in [0, 0.05) is 24.3 Å². The molecule has 1 saturated heterocycles. The molecule has 0 spiro atoms. The minimum Gasteiger partial charge on any atom is -0.389 e. The van der Waals surface area contributed by atoms with E-state index in [0.717, 1.165) is 18.7 Å². The zero-order chi connectivity index (χ0) is 15.4. The van der Waals surface area contributed by atoms with Gasteiger partial charge >= 0.3 is 0 Å². The van der Waals surface area contributed by atoms with Crippen LogP contribution >= 0.6 is 12.2 Å². The Morgan fingerprint density at radius 3 is 2.71 bits per heavy atom. The normalized spacial score (nSPS) is 22.8. The van der Waals surface area contributed by atoms with Crippen LogP contribution in [0.25, 0.3) is 0 Å². The van der Waals surface area contributed by atoms with E-state index >= 15 is 0 Å². The van der Waals surface area contributed by atoms with Crippen molar-refractivity contribution in [3.8, 4) is 0 Å². The standard InChI is InChI=1S/C15H21N3O2S/c1-10-7-18(8-11(2)20-10)9-14(19)17-13-5-3-4-12(6-13)15(16)21/h3-6,10-11H,7-9H2,1-2H3,(H2,16,21)(H,17,19). The number of hydrogen-bond acceptors (Lipinski definition) is 4. The summed E-state index contributed by atoms with van der Waals surface area (Å²) in [5.74, 6) is -0.0450. The van der Waals surface area contributed by atoms with Gasteiger partial charge in [0.2, 0.25) is 5.91 Å². The van der Waals surface area contributed by atoms with Gasteiger partial charge in [0.15, 0.2) is 0 Å². The minimum atomic E-state index is -0.0450. The Morgan fingerprint density at radius 1 is 1.43 bits per heavy atom. The molecule has 3 N–H and O–H groups in total. The molecule has 21 heavy (non-hydrogen) atoms. The molecule has 6 heteroatoms. The SMILES string of the molecule is CC1CN(CC(=O)Nc2cccc(C(N)=S)c2)CC(C)O1. The molecule has 1 heterocycles. The molecule has 1 fully saturated rings. The number of thiocarbonyl (C=S) groups is 1. The highest BCUT2D eigenvalue weighted by Crippen LogP contribution is 2.13. The highest BCUT2D eigenvalue weighted by Gasteiger charge is 2.23. The topological polar surface area (TPSA) is 67.6 Å². The number of amides is 1. The van der Waals surface area contributed by atoms with Crippen molar-refractivity contribution in [2.45, 2.75) is 26.1 Å². The molecule has 1 aliphatic heterocycles. The lowest BCUT2D eigenvalue weighted by molar-refractivity contribution is -0.121. The number of rotatable bonds is 4. The van der Waals surface area contributed by atoms with E-state index in [-0.39, 0.29) is 18.1 Å². The molecule has 0 aliphatic carbocycles. The first-order valence-electron chi connectivity index (χ1n) is 7.01. The molecule has 2 unspecified atom stereocenters. The van der Waals surface area contributed by atoms with E-state index in [9.17, 15) is 4.79 Å². The summed E-state index contributed by atoms with van der Waals surface area (Å²) in [6.45, 7) is 5.93. The number of carbonyl (C=O) groups excluding carboxylic acids is 1. The van der Waals surface area contributed by atoms with Crippen LogP contribution in [-0.2, 0) is 9.53 Å². The molecule has 1 aromatic rings.